The molecule has 2 aromatic carbocycles. The van der Waals surface area contributed by atoms with Gasteiger partial charge in [-0.25, -0.2) is 32.6 Å². The Morgan fingerprint density at radius 3 is 1.90 bits per heavy atom. The summed E-state index contributed by atoms with van der Waals surface area (Å²) in [7, 11) is 3.04. The number of nitrogens with zero attached hydrogens (tertiary/aromatic N) is 3. The number of sulfonamides is 1. The van der Waals surface area contributed by atoms with Crippen molar-refractivity contribution in [2.24, 2.45) is 0 Å². The van der Waals surface area contributed by atoms with E-state index >= 15 is 0 Å². The maximum absolute atomic E-state index is 13.1. The van der Waals surface area contributed by atoms with Gasteiger partial charge >= 0.3 is 18.2 Å². The molecule has 0 aliphatic carbocycles. The molecule has 13 nitrogen and oxygen atoms in total. The molecule has 0 bridgehead atoms. The van der Waals surface area contributed by atoms with Crippen molar-refractivity contribution in [3.8, 4) is 5.75 Å². The summed E-state index contributed by atoms with van der Waals surface area (Å²) in [5.74, 6) is -1.64. The number of nitrogens with one attached hydrogen (secondary N) is 1. The number of carbonyl (C=O) groups excluding carboxylic acids is 4. The van der Waals surface area contributed by atoms with E-state index in [1.165, 1.54) is 71.3 Å². The number of likely N-dealkylation sites (N-methyl/N-ethyl adjacent to an activating group) is 1. The van der Waals surface area contributed by atoms with Gasteiger partial charge in [0.25, 0.3) is 0 Å². The van der Waals surface area contributed by atoms with Crippen LogP contribution in [0.4, 0.5) is 9.59 Å². The fraction of sp³-hybridized carbons (Fsp3) is 0.385. The second-order valence-electron chi connectivity index (χ2n) is 9.33. The number of benzene rings is 2. The van der Waals surface area contributed by atoms with Gasteiger partial charge in [0.15, 0.2) is 0 Å². The summed E-state index contributed by atoms with van der Waals surface area (Å²) in [6.45, 7) is 3.18. The van der Waals surface area contributed by atoms with E-state index in [4.69, 9.17) is 4.74 Å². The topological polar surface area (TPSA) is 152 Å². The zero-order chi connectivity index (χ0) is 30.2. The molecule has 2 rings (SSSR count). The van der Waals surface area contributed by atoms with Gasteiger partial charge < -0.3 is 19.9 Å². The van der Waals surface area contributed by atoms with E-state index in [9.17, 15) is 27.6 Å². The molecule has 0 fully saturated rings. The smallest absolute Gasteiger partial charge is 0.410 e. The molecule has 0 saturated carbocycles. The van der Waals surface area contributed by atoms with E-state index in [1.807, 2.05) is 6.92 Å². The molecule has 2 atom stereocenters. The minimum Gasteiger partial charge on any atom is -0.410 e. The highest BCUT2D eigenvalue weighted by Gasteiger charge is 2.33. The van der Waals surface area contributed by atoms with Crippen LogP contribution in [-0.2, 0) is 35.8 Å². The lowest BCUT2D eigenvalue weighted by molar-refractivity contribution is -0.238. The molecule has 0 saturated heterocycles. The number of ether oxygens (including phenoxy) is 1. The van der Waals surface area contributed by atoms with E-state index in [1.54, 1.807) is 24.3 Å². The Morgan fingerprint density at radius 2 is 1.38 bits per heavy atom. The van der Waals surface area contributed by atoms with Crippen molar-refractivity contribution in [2.45, 2.75) is 37.2 Å². The highest BCUT2D eigenvalue weighted by molar-refractivity contribution is 7.89. The van der Waals surface area contributed by atoms with Gasteiger partial charge in [-0.15, -0.1) is 0 Å². The van der Waals surface area contributed by atoms with E-state index in [-0.39, 0.29) is 17.1 Å². The van der Waals surface area contributed by atoms with Crippen molar-refractivity contribution < 1.29 is 42.1 Å². The van der Waals surface area contributed by atoms with Crippen molar-refractivity contribution in [3.63, 3.8) is 0 Å². The molecule has 0 unspecified atom stereocenters. The van der Waals surface area contributed by atoms with E-state index in [2.05, 4.69) is 15.1 Å². The molecule has 0 aromatic heterocycles. The highest BCUT2D eigenvalue weighted by atomic mass is 32.2. The molecular weight excluding hydrogens is 544 g/mol. The van der Waals surface area contributed by atoms with Gasteiger partial charge in [-0.3, -0.25) is 4.79 Å². The van der Waals surface area contributed by atoms with Crippen LogP contribution in [0.5, 0.6) is 5.75 Å². The third-order valence-electron chi connectivity index (χ3n) is 5.72. The lowest BCUT2D eigenvalue weighted by Gasteiger charge is -2.25. The minimum absolute atomic E-state index is 0.00173. The fourth-order valence-corrected chi connectivity index (χ4v) is 4.39. The van der Waals surface area contributed by atoms with Gasteiger partial charge in [0.1, 0.15) is 17.8 Å². The summed E-state index contributed by atoms with van der Waals surface area (Å²) in [4.78, 5) is 60.8. The first-order valence-electron chi connectivity index (χ1n) is 12.1. The molecule has 0 aliphatic heterocycles. The maximum Gasteiger partial charge on any atom is 0.452 e. The van der Waals surface area contributed by atoms with Crippen molar-refractivity contribution in [1.82, 2.24) is 19.4 Å². The first-order valence-corrected chi connectivity index (χ1v) is 13.5. The number of carbonyl (C=O) groups is 4. The van der Waals surface area contributed by atoms with Crippen molar-refractivity contribution in [1.29, 1.82) is 0 Å². The molecule has 0 spiro atoms. The number of hydrogen-bond acceptors (Lipinski definition) is 9. The quantitative estimate of drug-likeness (QED) is 0.348. The Labute approximate surface area is 233 Å². The van der Waals surface area contributed by atoms with Gasteiger partial charge in [-0.05, 0) is 43.7 Å². The molecule has 40 heavy (non-hydrogen) atoms. The Balaban J connectivity index is 2.22. The first-order chi connectivity index (χ1) is 18.6. The Kier molecular flexibility index (Phi) is 11.0. The van der Waals surface area contributed by atoms with Crippen LogP contribution in [0.15, 0.2) is 53.4 Å². The number of rotatable bonds is 9. The lowest BCUT2D eigenvalue weighted by atomic mass is 10.1. The third kappa shape index (κ3) is 8.68. The Hall–Kier alpha value is -4.17. The second kappa shape index (κ2) is 13.8. The largest absolute Gasteiger partial charge is 0.452 e. The minimum atomic E-state index is -4.03. The Morgan fingerprint density at radius 1 is 0.825 bits per heavy atom. The summed E-state index contributed by atoms with van der Waals surface area (Å²) in [5.41, 5.74) is 1.40. The summed E-state index contributed by atoms with van der Waals surface area (Å²) >= 11 is 0. The van der Waals surface area contributed by atoms with Crippen LogP contribution in [-0.4, -0.2) is 93.9 Å². The maximum atomic E-state index is 13.1. The summed E-state index contributed by atoms with van der Waals surface area (Å²) in [5, 5.41) is 2.48. The van der Waals surface area contributed by atoms with Crippen LogP contribution in [0.1, 0.15) is 18.1 Å². The first kappa shape index (κ1) is 32.0. The zero-order valence-corrected chi connectivity index (χ0v) is 24.2. The SMILES string of the molecule is Cc1ccc(S(=O)(=O)N(C)[C@@H](C)C(=O)N[C@@H](Cc2ccc(OC(=O)N(C)C)cc2)C(=O)OOC(=O)N(C)C)cc1. The number of hydrogen-bond donors (Lipinski definition) is 1. The average molecular weight is 579 g/mol. The zero-order valence-electron chi connectivity index (χ0n) is 23.4. The van der Waals surface area contributed by atoms with Gasteiger partial charge in [-0.2, -0.15) is 4.31 Å². The molecule has 0 aliphatic rings. The molecule has 0 heterocycles. The van der Waals surface area contributed by atoms with Gasteiger partial charge in [0, 0.05) is 41.7 Å². The van der Waals surface area contributed by atoms with Crippen LogP contribution >= 0.6 is 0 Å². The Bertz CT molecular complexity index is 1310. The standard InChI is InChI=1S/C26H34N4O9S/c1-17-8-14-21(15-9-17)40(35,36)30(7)18(2)23(31)27-22(24(32)38-39-26(34)29(5)6)16-19-10-12-20(13-11-19)37-25(33)28(3)4/h8-15,18,22H,16H2,1-7H3,(H,27,31)/t18-,22-/m0/s1. The molecule has 218 valence electrons. The second-order valence-corrected chi connectivity index (χ2v) is 11.3. The van der Waals surface area contributed by atoms with Crippen LogP contribution in [0.25, 0.3) is 0 Å². The van der Waals surface area contributed by atoms with Gasteiger partial charge in [-0.1, -0.05) is 29.8 Å². The molecule has 14 heteroatoms. The highest BCUT2D eigenvalue weighted by Crippen LogP contribution is 2.18. The van der Waals surface area contributed by atoms with E-state index in [0.29, 0.717) is 5.56 Å². The summed E-state index contributed by atoms with van der Waals surface area (Å²) in [6, 6.07) is 9.68. The van der Waals surface area contributed by atoms with Crippen molar-refractivity contribution in [3.05, 3.63) is 59.7 Å². The predicted molar refractivity (Wildman–Crippen MR) is 144 cm³/mol. The van der Waals surface area contributed by atoms with Gasteiger partial charge in [0.2, 0.25) is 15.9 Å². The third-order valence-corrected chi connectivity index (χ3v) is 7.66. The molecule has 1 N–H and O–H groups in total. The lowest BCUT2D eigenvalue weighted by Crippen LogP contribution is -2.52. The molecular formula is C26H34N4O9S. The van der Waals surface area contributed by atoms with Crippen LogP contribution in [0.2, 0.25) is 0 Å². The summed E-state index contributed by atoms with van der Waals surface area (Å²) in [6.07, 6.45) is -1.65. The van der Waals surface area contributed by atoms with Crippen molar-refractivity contribution >= 4 is 34.1 Å². The molecule has 2 aromatic rings. The molecule has 3 amide bonds. The van der Waals surface area contributed by atoms with Crippen molar-refractivity contribution in [2.75, 3.05) is 35.2 Å². The van der Waals surface area contributed by atoms with Crippen LogP contribution in [0, 0.1) is 6.92 Å². The number of amides is 3. The monoisotopic (exact) mass is 578 g/mol. The summed E-state index contributed by atoms with van der Waals surface area (Å²) < 4.78 is 32.1. The van der Waals surface area contributed by atoms with Crippen LogP contribution in [0.3, 0.4) is 0 Å². The predicted octanol–water partition coefficient (Wildman–Crippen LogP) is 1.95. The van der Waals surface area contributed by atoms with Crippen LogP contribution < -0.4 is 10.1 Å². The normalized spacial score (nSPS) is 12.6. The average Bonchev–Trinajstić information content (AvgIpc) is 2.91. The molecule has 0 radical (unpaired) electrons. The fourth-order valence-electron chi connectivity index (χ4n) is 3.07. The van der Waals surface area contributed by atoms with Gasteiger partial charge in [0.05, 0.1) is 4.90 Å². The number of aryl methyl sites for hydroxylation is 1. The van der Waals surface area contributed by atoms with E-state index in [0.717, 1.165) is 14.8 Å². The van der Waals surface area contributed by atoms with E-state index < -0.39 is 46.2 Å².